The van der Waals surface area contributed by atoms with Gasteiger partial charge in [0.25, 0.3) is 5.91 Å². The van der Waals surface area contributed by atoms with Crippen molar-refractivity contribution in [1.82, 2.24) is 5.32 Å². The number of hydrogen-bond acceptors (Lipinski definition) is 5. The van der Waals surface area contributed by atoms with E-state index in [9.17, 15) is 14.9 Å². The number of aryl methyl sites for hydroxylation is 1. The Morgan fingerprint density at radius 2 is 1.86 bits per heavy atom. The Labute approximate surface area is 174 Å². The van der Waals surface area contributed by atoms with E-state index in [1.54, 1.807) is 31.4 Å². The van der Waals surface area contributed by atoms with E-state index in [4.69, 9.17) is 4.74 Å². The van der Waals surface area contributed by atoms with Crippen LogP contribution in [0.15, 0.2) is 24.3 Å². The van der Waals surface area contributed by atoms with Crippen LogP contribution in [-0.4, -0.2) is 25.0 Å². The minimum atomic E-state index is -0.713. The first-order chi connectivity index (χ1) is 13.9. The van der Waals surface area contributed by atoms with Gasteiger partial charge in [-0.3, -0.25) is 9.59 Å². The lowest BCUT2D eigenvalue weighted by atomic mass is 9.96. The fourth-order valence-electron chi connectivity index (χ4n) is 3.46. The predicted molar refractivity (Wildman–Crippen MR) is 113 cm³/mol. The van der Waals surface area contributed by atoms with Gasteiger partial charge in [-0.25, -0.2) is 0 Å². The fourth-order valence-corrected chi connectivity index (χ4v) is 4.71. The summed E-state index contributed by atoms with van der Waals surface area (Å²) in [4.78, 5) is 26.8. The maximum absolute atomic E-state index is 13.0. The maximum Gasteiger partial charge on any atom is 0.251 e. The van der Waals surface area contributed by atoms with Gasteiger partial charge in [0.2, 0.25) is 5.91 Å². The number of carbonyl (C=O) groups is 2. The molecule has 6 nitrogen and oxygen atoms in total. The number of carbonyl (C=O) groups excluding carboxylic acids is 2. The number of anilines is 1. The Kier molecular flexibility index (Phi) is 6.55. The van der Waals surface area contributed by atoms with Crippen molar-refractivity contribution in [2.24, 2.45) is 5.92 Å². The smallest absolute Gasteiger partial charge is 0.251 e. The largest absolute Gasteiger partial charge is 0.497 e. The van der Waals surface area contributed by atoms with Crippen LogP contribution in [0.5, 0.6) is 5.75 Å². The zero-order valence-corrected chi connectivity index (χ0v) is 17.7. The van der Waals surface area contributed by atoms with E-state index in [-0.39, 0.29) is 17.7 Å². The molecular weight excluding hydrogens is 386 g/mol. The zero-order chi connectivity index (χ0) is 21.0. The Hall–Kier alpha value is -2.85. The number of hydrogen-bond donors (Lipinski definition) is 2. The number of rotatable bonds is 6. The topological polar surface area (TPSA) is 91.2 Å². The number of thiophene rings is 1. The van der Waals surface area contributed by atoms with Crippen molar-refractivity contribution in [3.8, 4) is 11.8 Å². The van der Waals surface area contributed by atoms with Gasteiger partial charge in [0, 0.05) is 10.4 Å². The van der Waals surface area contributed by atoms with Crippen LogP contribution in [0.1, 0.15) is 53.1 Å². The van der Waals surface area contributed by atoms with Crippen LogP contribution in [0.3, 0.4) is 0 Å². The summed E-state index contributed by atoms with van der Waals surface area (Å²) in [6, 6.07) is 8.26. The Morgan fingerprint density at radius 3 is 2.48 bits per heavy atom. The van der Waals surface area contributed by atoms with Crippen LogP contribution in [-0.2, 0) is 17.6 Å². The van der Waals surface area contributed by atoms with Crippen molar-refractivity contribution in [2.75, 3.05) is 12.4 Å². The number of benzene rings is 1. The lowest BCUT2D eigenvalue weighted by Crippen LogP contribution is -2.47. The van der Waals surface area contributed by atoms with E-state index in [0.29, 0.717) is 21.9 Å². The van der Waals surface area contributed by atoms with Crippen molar-refractivity contribution in [1.29, 1.82) is 5.26 Å². The summed E-state index contributed by atoms with van der Waals surface area (Å²) in [5.74, 6) is -0.0906. The zero-order valence-electron chi connectivity index (χ0n) is 16.9. The van der Waals surface area contributed by atoms with Crippen LogP contribution >= 0.6 is 11.3 Å². The second-order valence-electron chi connectivity index (χ2n) is 7.44. The van der Waals surface area contributed by atoms with Crippen molar-refractivity contribution in [3.05, 3.63) is 45.8 Å². The Balaban J connectivity index is 1.75. The molecule has 1 aromatic carbocycles. The monoisotopic (exact) mass is 411 g/mol. The van der Waals surface area contributed by atoms with E-state index in [0.717, 1.165) is 31.2 Å². The summed E-state index contributed by atoms with van der Waals surface area (Å²) in [6.07, 6.45) is 4.01. The van der Waals surface area contributed by atoms with E-state index in [1.165, 1.54) is 16.2 Å². The summed E-state index contributed by atoms with van der Waals surface area (Å²) >= 11 is 1.48. The number of nitrogens with zero attached hydrogens (tertiary/aromatic N) is 1. The lowest BCUT2D eigenvalue weighted by Gasteiger charge is -2.21. The second-order valence-corrected chi connectivity index (χ2v) is 8.54. The summed E-state index contributed by atoms with van der Waals surface area (Å²) < 4.78 is 5.11. The standard InChI is InChI=1S/C22H25N3O3S/c1-13(2)19(24-20(26)14-8-10-15(28-3)11-9-14)21(27)25-22-17(12-23)16-6-4-5-7-18(16)29-22/h8-11,13,19H,4-7H2,1-3H3,(H,24,26)(H,25,27). The third-order valence-electron chi connectivity index (χ3n) is 5.11. The van der Waals surface area contributed by atoms with E-state index in [1.807, 2.05) is 13.8 Å². The summed E-state index contributed by atoms with van der Waals surface area (Å²) in [6.45, 7) is 3.76. The molecule has 29 heavy (non-hydrogen) atoms. The fraction of sp³-hybridized carbons (Fsp3) is 0.409. The highest BCUT2D eigenvalue weighted by Gasteiger charge is 2.28. The minimum Gasteiger partial charge on any atom is -0.497 e. The van der Waals surface area contributed by atoms with E-state index >= 15 is 0 Å². The molecule has 0 saturated heterocycles. The van der Waals surface area contributed by atoms with Gasteiger partial charge in [-0.15, -0.1) is 11.3 Å². The van der Waals surface area contributed by atoms with Gasteiger partial charge in [-0.1, -0.05) is 13.8 Å². The SMILES string of the molecule is COc1ccc(C(=O)NC(C(=O)Nc2sc3c(c2C#N)CCCC3)C(C)C)cc1. The van der Waals surface area contributed by atoms with E-state index < -0.39 is 6.04 Å². The first kappa shape index (κ1) is 20.9. The molecule has 1 aromatic heterocycles. The van der Waals surface area contributed by atoms with Crippen LogP contribution in [0.25, 0.3) is 0 Å². The molecule has 0 bridgehead atoms. The molecule has 1 heterocycles. The van der Waals surface area contributed by atoms with Gasteiger partial charge >= 0.3 is 0 Å². The van der Waals surface area contributed by atoms with Gasteiger partial charge in [0.1, 0.15) is 22.9 Å². The quantitative estimate of drug-likeness (QED) is 0.754. The molecule has 0 saturated carbocycles. The number of nitrogens with one attached hydrogen (secondary N) is 2. The van der Waals surface area contributed by atoms with Gasteiger partial charge < -0.3 is 15.4 Å². The first-order valence-electron chi connectivity index (χ1n) is 9.75. The van der Waals surface area contributed by atoms with Crippen LogP contribution < -0.4 is 15.4 Å². The molecule has 1 aliphatic carbocycles. The number of methoxy groups -OCH3 is 1. The average molecular weight is 412 g/mol. The van der Waals surface area contributed by atoms with Crippen molar-refractivity contribution < 1.29 is 14.3 Å². The van der Waals surface area contributed by atoms with Crippen LogP contribution in [0, 0.1) is 17.2 Å². The third-order valence-corrected chi connectivity index (χ3v) is 6.32. The third kappa shape index (κ3) is 4.60. The molecule has 0 radical (unpaired) electrons. The highest BCUT2D eigenvalue weighted by molar-refractivity contribution is 7.16. The number of ether oxygens (including phenoxy) is 1. The lowest BCUT2D eigenvalue weighted by molar-refractivity contribution is -0.118. The van der Waals surface area contributed by atoms with Gasteiger partial charge in [-0.2, -0.15) is 5.26 Å². The number of nitriles is 1. The molecule has 0 spiro atoms. The summed E-state index contributed by atoms with van der Waals surface area (Å²) in [5, 5.41) is 15.9. The minimum absolute atomic E-state index is 0.114. The molecule has 152 valence electrons. The summed E-state index contributed by atoms with van der Waals surface area (Å²) in [7, 11) is 1.56. The molecule has 3 rings (SSSR count). The van der Waals surface area contributed by atoms with Crippen LogP contribution in [0.2, 0.25) is 0 Å². The molecule has 1 unspecified atom stereocenters. The molecule has 1 atom stereocenters. The van der Waals surface area contributed by atoms with Gasteiger partial charge in [0.15, 0.2) is 0 Å². The molecule has 0 fully saturated rings. The number of amides is 2. The van der Waals surface area contributed by atoms with Crippen molar-refractivity contribution in [2.45, 2.75) is 45.6 Å². The van der Waals surface area contributed by atoms with Crippen LogP contribution in [0.4, 0.5) is 5.00 Å². The van der Waals surface area contributed by atoms with E-state index in [2.05, 4.69) is 16.7 Å². The molecule has 7 heteroatoms. The predicted octanol–water partition coefficient (Wildman–Crippen LogP) is 3.90. The molecule has 1 aliphatic rings. The van der Waals surface area contributed by atoms with Crippen molar-refractivity contribution in [3.63, 3.8) is 0 Å². The molecule has 2 aromatic rings. The maximum atomic E-state index is 13.0. The Morgan fingerprint density at radius 1 is 1.17 bits per heavy atom. The highest BCUT2D eigenvalue weighted by atomic mass is 32.1. The molecule has 2 N–H and O–H groups in total. The highest BCUT2D eigenvalue weighted by Crippen LogP contribution is 2.37. The summed E-state index contributed by atoms with van der Waals surface area (Å²) in [5.41, 5.74) is 2.10. The molecule has 0 aliphatic heterocycles. The van der Waals surface area contributed by atoms with Crippen molar-refractivity contribution >= 4 is 28.2 Å². The normalized spacial score (nSPS) is 13.9. The second kappa shape index (κ2) is 9.10. The molecular formula is C22H25N3O3S. The molecule has 2 amide bonds. The number of fused-ring (bicyclic) bond motifs is 1. The van der Waals surface area contributed by atoms with Gasteiger partial charge in [0.05, 0.1) is 12.7 Å². The van der Waals surface area contributed by atoms with Gasteiger partial charge in [-0.05, 0) is 61.4 Å². The first-order valence-corrected chi connectivity index (χ1v) is 10.6. The average Bonchev–Trinajstić information content (AvgIpc) is 3.08. The Bertz CT molecular complexity index is 941.